The van der Waals surface area contributed by atoms with E-state index >= 15 is 0 Å². The maximum absolute atomic E-state index is 13.6. The summed E-state index contributed by atoms with van der Waals surface area (Å²) in [5.74, 6) is -1.67. The summed E-state index contributed by atoms with van der Waals surface area (Å²) in [5, 5.41) is 2.95. The second-order valence-electron chi connectivity index (χ2n) is 7.33. The summed E-state index contributed by atoms with van der Waals surface area (Å²) in [7, 11) is -3.93. The van der Waals surface area contributed by atoms with Crippen LogP contribution in [-0.2, 0) is 26.2 Å². The topological polar surface area (TPSA) is 86.8 Å². The number of halogens is 3. The molecule has 11 heteroatoms. The highest BCUT2D eigenvalue weighted by Gasteiger charge is 2.31. The van der Waals surface area contributed by atoms with Gasteiger partial charge in [0, 0.05) is 18.1 Å². The van der Waals surface area contributed by atoms with E-state index in [1.54, 1.807) is 38.1 Å². The molecule has 1 N–H and O–H groups in total. The standard InChI is InChI=1S/C22H26Cl2FN3O4S/c1-4-20(22(30)26-5-2)27(13-15-6-8-16(23)9-7-15)21(29)14-28(33(3,31)32)17-10-11-19(25)18(24)12-17/h6-12,20H,4-5,13-14H2,1-3H3,(H,26,30). The predicted molar refractivity (Wildman–Crippen MR) is 128 cm³/mol. The van der Waals surface area contributed by atoms with Crippen LogP contribution in [0.25, 0.3) is 0 Å². The van der Waals surface area contributed by atoms with E-state index in [0.29, 0.717) is 23.6 Å². The first-order valence-corrected chi connectivity index (χ1v) is 12.8. The molecule has 33 heavy (non-hydrogen) atoms. The van der Waals surface area contributed by atoms with Crippen LogP contribution in [0.5, 0.6) is 0 Å². The number of carbonyl (C=O) groups excluding carboxylic acids is 2. The van der Waals surface area contributed by atoms with Gasteiger partial charge in [0.2, 0.25) is 21.8 Å². The lowest BCUT2D eigenvalue weighted by Crippen LogP contribution is -2.52. The minimum absolute atomic E-state index is 0.0368. The molecule has 2 aromatic carbocycles. The minimum atomic E-state index is -3.93. The van der Waals surface area contributed by atoms with Crippen molar-refractivity contribution in [2.45, 2.75) is 32.9 Å². The fourth-order valence-electron chi connectivity index (χ4n) is 3.25. The van der Waals surface area contributed by atoms with Crippen LogP contribution in [-0.4, -0.2) is 50.5 Å². The Morgan fingerprint density at radius 3 is 2.24 bits per heavy atom. The van der Waals surface area contributed by atoms with Crippen molar-refractivity contribution in [2.75, 3.05) is 23.7 Å². The van der Waals surface area contributed by atoms with E-state index in [1.165, 1.54) is 11.0 Å². The largest absolute Gasteiger partial charge is 0.355 e. The third-order valence-corrected chi connectivity index (χ3v) is 6.56. The molecule has 7 nitrogen and oxygen atoms in total. The SMILES string of the molecule is CCNC(=O)C(CC)N(Cc1ccc(Cl)cc1)C(=O)CN(c1ccc(F)c(Cl)c1)S(C)(=O)=O. The number of anilines is 1. The van der Waals surface area contributed by atoms with Gasteiger partial charge in [-0.1, -0.05) is 42.3 Å². The number of nitrogens with zero attached hydrogens (tertiary/aromatic N) is 2. The Morgan fingerprint density at radius 1 is 1.09 bits per heavy atom. The van der Waals surface area contributed by atoms with Gasteiger partial charge in [-0.15, -0.1) is 0 Å². The highest BCUT2D eigenvalue weighted by Crippen LogP contribution is 2.25. The molecule has 0 aliphatic heterocycles. The van der Waals surface area contributed by atoms with Crippen molar-refractivity contribution in [3.05, 3.63) is 63.9 Å². The number of sulfonamides is 1. The van der Waals surface area contributed by atoms with Crippen LogP contribution >= 0.6 is 23.2 Å². The quantitative estimate of drug-likeness (QED) is 0.518. The van der Waals surface area contributed by atoms with Gasteiger partial charge in [0.1, 0.15) is 18.4 Å². The lowest BCUT2D eigenvalue weighted by Gasteiger charge is -2.32. The van der Waals surface area contributed by atoms with Gasteiger partial charge in [-0.05, 0) is 49.2 Å². The summed E-state index contributed by atoms with van der Waals surface area (Å²) in [4.78, 5) is 27.4. The van der Waals surface area contributed by atoms with Crippen LogP contribution in [0.2, 0.25) is 10.0 Å². The van der Waals surface area contributed by atoms with E-state index in [2.05, 4.69) is 5.32 Å². The molecule has 0 aliphatic rings. The Bertz CT molecular complexity index is 1100. The Hall–Kier alpha value is -2.36. The summed E-state index contributed by atoms with van der Waals surface area (Å²) >= 11 is 11.8. The molecule has 1 unspecified atom stereocenters. The van der Waals surface area contributed by atoms with Crippen LogP contribution < -0.4 is 9.62 Å². The Kier molecular flexibility index (Phi) is 9.51. The van der Waals surface area contributed by atoms with Gasteiger partial charge in [-0.3, -0.25) is 13.9 Å². The van der Waals surface area contributed by atoms with Gasteiger partial charge in [0.05, 0.1) is 17.0 Å². The zero-order valence-corrected chi connectivity index (χ0v) is 20.8. The van der Waals surface area contributed by atoms with E-state index in [0.717, 1.165) is 22.7 Å². The predicted octanol–water partition coefficient (Wildman–Crippen LogP) is 3.84. The van der Waals surface area contributed by atoms with Gasteiger partial charge in [-0.25, -0.2) is 12.8 Å². The number of amides is 2. The minimum Gasteiger partial charge on any atom is -0.355 e. The van der Waals surface area contributed by atoms with Gasteiger partial charge < -0.3 is 10.2 Å². The monoisotopic (exact) mass is 517 g/mol. The molecule has 0 heterocycles. The lowest BCUT2D eigenvalue weighted by molar-refractivity contribution is -0.140. The number of hydrogen-bond donors (Lipinski definition) is 1. The van der Waals surface area contributed by atoms with Crippen LogP contribution in [0.3, 0.4) is 0 Å². The van der Waals surface area contributed by atoms with Gasteiger partial charge in [0.25, 0.3) is 0 Å². The highest BCUT2D eigenvalue weighted by atomic mass is 35.5. The summed E-state index contributed by atoms with van der Waals surface area (Å²) in [6, 6.07) is 9.32. The fraction of sp³-hybridized carbons (Fsp3) is 0.364. The Balaban J connectivity index is 2.44. The zero-order chi connectivity index (χ0) is 24.8. The second kappa shape index (κ2) is 11.7. The fourth-order valence-corrected chi connectivity index (χ4v) is 4.39. The normalized spacial score (nSPS) is 12.2. The van der Waals surface area contributed by atoms with E-state index < -0.39 is 34.3 Å². The molecular weight excluding hydrogens is 492 g/mol. The van der Waals surface area contributed by atoms with E-state index in [1.807, 2.05) is 0 Å². The Morgan fingerprint density at radius 2 is 1.73 bits per heavy atom. The maximum atomic E-state index is 13.6. The average Bonchev–Trinajstić information content (AvgIpc) is 2.74. The molecule has 0 aliphatic carbocycles. The van der Waals surface area contributed by atoms with Crippen molar-refractivity contribution in [3.8, 4) is 0 Å². The number of carbonyl (C=O) groups is 2. The molecule has 0 saturated carbocycles. The summed E-state index contributed by atoms with van der Waals surface area (Å²) in [5.41, 5.74) is 0.751. The highest BCUT2D eigenvalue weighted by molar-refractivity contribution is 7.92. The maximum Gasteiger partial charge on any atom is 0.244 e. The molecule has 0 aromatic heterocycles. The third-order valence-electron chi connectivity index (χ3n) is 4.87. The van der Waals surface area contributed by atoms with Crippen LogP contribution in [0, 0.1) is 5.82 Å². The van der Waals surface area contributed by atoms with Gasteiger partial charge in [0.15, 0.2) is 0 Å². The molecule has 1 atom stereocenters. The zero-order valence-electron chi connectivity index (χ0n) is 18.5. The smallest absolute Gasteiger partial charge is 0.244 e. The van der Waals surface area contributed by atoms with Crippen LogP contribution in [0.4, 0.5) is 10.1 Å². The molecule has 2 amide bonds. The van der Waals surface area contributed by atoms with Crippen LogP contribution in [0.15, 0.2) is 42.5 Å². The van der Waals surface area contributed by atoms with Crippen molar-refractivity contribution in [1.82, 2.24) is 10.2 Å². The number of hydrogen-bond acceptors (Lipinski definition) is 4. The van der Waals surface area contributed by atoms with Crippen molar-refractivity contribution in [2.24, 2.45) is 0 Å². The first-order valence-electron chi connectivity index (χ1n) is 10.2. The molecule has 0 fully saturated rings. The number of benzene rings is 2. The number of nitrogens with one attached hydrogen (secondary N) is 1. The molecule has 0 radical (unpaired) electrons. The van der Waals surface area contributed by atoms with Crippen molar-refractivity contribution in [3.63, 3.8) is 0 Å². The molecule has 180 valence electrons. The number of rotatable bonds is 10. The summed E-state index contributed by atoms with van der Waals surface area (Å²) in [6.45, 7) is 3.37. The Labute approximate surface area is 203 Å². The lowest BCUT2D eigenvalue weighted by atomic mass is 10.1. The van der Waals surface area contributed by atoms with Crippen molar-refractivity contribution >= 4 is 50.7 Å². The first-order chi connectivity index (χ1) is 15.5. The molecule has 0 bridgehead atoms. The summed E-state index contributed by atoms with van der Waals surface area (Å²) < 4.78 is 39.4. The first kappa shape index (κ1) is 26.9. The molecule has 0 spiro atoms. The van der Waals surface area contributed by atoms with Gasteiger partial charge in [-0.2, -0.15) is 0 Å². The number of likely N-dealkylation sites (N-methyl/N-ethyl adjacent to an activating group) is 1. The van der Waals surface area contributed by atoms with Crippen molar-refractivity contribution < 1.29 is 22.4 Å². The third kappa shape index (κ3) is 7.31. The average molecular weight is 518 g/mol. The van der Waals surface area contributed by atoms with E-state index in [4.69, 9.17) is 23.2 Å². The molecule has 0 saturated heterocycles. The second-order valence-corrected chi connectivity index (χ2v) is 10.1. The van der Waals surface area contributed by atoms with Crippen molar-refractivity contribution in [1.29, 1.82) is 0 Å². The van der Waals surface area contributed by atoms with E-state index in [9.17, 15) is 22.4 Å². The molecular formula is C22H26Cl2FN3O4S. The molecule has 2 aromatic rings. The van der Waals surface area contributed by atoms with E-state index in [-0.39, 0.29) is 23.2 Å². The molecule has 2 rings (SSSR count). The van der Waals surface area contributed by atoms with Gasteiger partial charge >= 0.3 is 0 Å². The summed E-state index contributed by atoms with van der Waals surface area (Å²) in [6.07, 6.45) is 1.24. The van der Waals surface area contributed by atoms with Crippen LogP contribution in [0.1, 0.15) is 25.8 Å².